The Morgan fingerprint density at radius 3 is 2.53 bits per heavy atom. The van der Waals surface area contributed by atoms with Crippen molar-refractivity contribution in [3.05, 3.63) is 0 Å². The molecule has 0 bridgehead atoms. The van der Waals surface area contributed by atoms with Crippen LogP contribution in [0.3, 0.4) is 0 Å². The van der Waals surface area contributed by atoms with Gasteiger partial charge in [-0.1, -0.05) is 6.92 Å². The molecular weight excluding hydrogens is 194 g/mol. The zero-order valence-electron chi connectivity index (χ0n) is 10.2. The van der Waals surface area contributed by atoms with Gasteiger partial charge in [-0.15, -0.1) is 0 Å². The van der Waals surface area contributed by atoms with Crippen LogP contribution in [0.1, 0.15) is 40.5 Å². The third-order valence-corrected chi connectivity index (χ3v) is 2.50. The van der Waals surface area contributed by atoms with E-state index >= 15 is 0 Å². The smallest absolute Gasteiger partial charge is 0.307 e. The van der Waals surface area contributed by atoms with Crippen LogP contribution in [-0.4, -0.2) is 35.9 Å². The lowest BCUT2D eigenvalue weighted by Gasteiger charge is -2.30. The molecule has 2 N–H and O–H groups in total. The molecule has 0 heterocycles. The number of hydrogen-bond acceptors (Lipinski definition) is 4. The molecule has 0 saturated heterocycles. The average molecular weight is 217 g/mol. The van der Waals surface area contributed by atoms with E-state index in [0.29, 0.717) is 13.0 Å². The molecule has 0 aromatic heterocycles. The van der Waals surface area contributed by atoms with Crippen molar-refractivity contribution in [3.63, 3.8) is 0 Å². The minimum Gasteiger partial charge on any atom is -0.466 e. The highest BCUT2D eigenvalue weighted by Crippen LogP contribution is 2.10. The van der Waals surface area contributed by atoms with Gasteiger partial charge < -0.3 is 15.2 Å². The Hall–Kier alpha value is -0.610. The molecule has 0 aliphatic heterocycles. The summed E-state index contributed by atoms with van der Waals surface area (Å²) in [5.41, 5.74) is -0.314. The van der Waals surface area contributed by atoms with Gasteiger partial charge in [0.1, 0.15) is 0 Å². The van der Waals surface area contributed by atoms with Crippen molar-refractivity contribution < 1.29 is 14.6 Å². The van der Waals surface area contributed by atoms with Gasteiger partial charge >= 0.3 is 5.97 Å². The number of carbonyl (C=O) groups excluding carboxylic acids is 1. The van der Waals surface area contributed by atoms with E-state index in [1.54, 1.807) is 6.92 Å². The predicted molar refractivity (Wildman–Crippen MR) is 59.6 cm³/mol. The minimum absolute atomic E-state index is 0.0150. The molecule has 2 unspecified atom stereocenters. The summed E-state index contributed by atoms with van der Waals surface area (Å²) >= 11 is 0. The molecule has 0 amide bonds. The van der Waals surface area contributed by atoms with Crippen LogP contribution in [-0.2, 0) is 9.53 Å². The highest BCUT2D eigenvalue weighted by molar-refractivity contribution is 5.70. The third kappa shape index (κ3) is 5.74. The minimum atomic E-state index is -0.314. The van der Waals surface area contributed by atoms with Crippen LogP contribution in [0.25, 0.3) is 0 Å². The lowest BCUT2D eigenvalue weighted by atomic mass is 9.98. The van der Waals surface area contributed by atoms with Crippen molar-refractivity contribution in [1.29, 1.82) is 0 Å². The summed E-state index contributed by atoms with van der Waals surface area (Å²) in [5, 5.41) is 12.4. The largest absolute Gasteiger partial charge is 0.466 e. The van der Waals surface area contributed by atoms with Gasteiger partial charge in [0.05, 0.1) is 19.6 Å². The fourth-order valence-corrected chi connectivity index (χ4v) is 1.38. The normalized spacial score (nSPS) is 16.9. The molecule has 0 aliphatic carbocycles. The number of aliphatic hydroxyl groups excluding tert-OH is 1. The van der Waals surface area contributed by atoms with Crippen LogP contribution < -0.4 is 5.32 Å². The molecule has 2 atom stereocenters. The van der Waals surface area contributed by atoms with Crippen LogP contribution in [0.2, 0.25) is 0 Å². The lowest BCUT2D eigenvalue weighted by Crippen LogP contribution is -2.50. The Labute approximate surface area is 92.0 Å². The maximum atomic E-state index is 11.2. The van der Waals surface area contributed by atoms with Gasteiger partial charge in [-0.25, -0.2) is 0 Å². The van der Waals surface area contributed by atoms with Crippen molar-refractivity contribution >= 4 is 5.97 Å². The highest BCUT2D eigenvalue weighted by atomic mass is 16.5. The number of nitrogens with one attached hydrogen (secondary N) is 1. The molecular formula is C11H23NO3. The first kappa shape index (κ1) is 14.4. The Bertz CT molecular complexity index is 190. The summed E-state index contributed by atoms with van der Waals surface area (Å²) in [4.78, 5) is 11.2. The van der Waals surface area contributed by atoms with Crippen LogP contribution >= 0.6 is 0 Å². The second kappa shape index (κ2) is 6.80. The standard InChI is InChI=1S/C11H23NO3/c1-5-11(4,8-13)12-9(3)7-10(14)15-6-2/h9,12-13H,5-8H2,1-4H3. The summed E-state index contributed by atoms with van der Waals surface area (Å²) < 4.78 is 4.85. The molecule has 0 aliphatic rings. The molecule has 0 fully saturated rings. The Morgan fingerprint density at radius 1 is 1.53 bits per heavy atom. The number of rotatable bonds is 7. The third-order valence-electron chi connectivity index (χ3n) is 2.50. The molecule has 0 rings (SSSR count). The highest BCUT2D eigenvalue weighted by Gasteiger charge is 2.23. The predicted octanol–water partition coefficient (Wildman–Crippen LogP) is 1.08. The summed E-state index contributed by atoms with van der Waals surface area (Å²) in [6.07, 6.45) is 1.15. The van der Waals surface area contributed by atoms with Gasteiger partial charge in [0.2, 0.25) is 0 Å². The number of hydrogen-bond donors (Lipinski definition) is 2. The van der Waals surface area contributed by atoms with Crippen LogP contribution in [0, 0.1) is 0 Å². The lowest BCUT2D eigenvalue weighted by molar-refractivity contribution is -0.143. The van der Waals surface area contributed by atoms with Gasteiger partial charge in [-0.05, 0) is 27.2 Å². The average Bonchev–Trinajstić information content (AvgIpc) is 2.17. The Morgan fingerprint density at radius 2 is 2.13 bits per heavy atom. The maximum Gasteiger partial charge on any atom is 0.307 e. The van der Waals surface area contributed by atoms with E-state index < -0.39 is 0 Å². The van der Waals surface area contributed by atoms with E-state index in [1.807, 2.05) is 20.8 Å². The first-order valence-electron chi connectivity index (χ1n) is 5.51. The first-order chi connectivity index (χ1) is 6.97. The first-order valence-corrected chi connectivity index (χ1v) is 5.51. The summed E-state index contributed by atoms with van der Waals surface area (Å²) in [7, 11) is 0. The van der Waals surface area contributed by atoms with Gasteiger partial charge in [-0.3, -0.25) is 4.79 Å². The van der Waals surface area contributed by atoms with Gasteiger partial charge in [-0.2, -0.15) is 0 Å². The van der Waals surface area contributed by atoms with Crippen molar-refractivity contribution in [2.24, 2.45) is 0 Å². The SMILES string of the molecule is CCOC(=O)CC(C)NC(C)(CC)CO. The van der Waals surface area contributed by atoms with Gasteiger partial charge in [0, 0.05) is 11.6 Å². The maximum absolute atomic E-state index is 11.2. The fraction of sp³-hybridized carbons (Fsp3) is 0.909. The molecule has 4 nitrogen and oxygen atoms in total. The molecule has 4 heteroatoms. The summed E-state index contributed by atoms with van der Waals surface area (Å²) in [6.45, 7) is 8.13. The molecule has 0 radical (unpaired) electrons. The number of aliphatic hydroxyl groups is 1. The Balaban J connectivity index is 4.01. The second-order valence-corrected chi connectivity index (χ2v) is 4.13. The number of ether oxygens (including phenoxy) is 1. The molecule has 90 valence electrons. The van der Waals surface area contributed by atoms with E-state index in [2.05, 4.69) is 5.32 Å². The quantitative estimate of drug-likeness (QED) is 0.626. The van der Waals surface area contributed by atoms with Crippen molar-refractivity contribution in [2.75, 3.05) is 13.2 Å². The van der Waals surface area contributed by atoms with E-state index in [1.165, 1.54) is 0 Å². The summed E-state index contributed by atoms with van der Waals surface area (Å²) in [5.74, 6) is -0.200. The van der Waals surface area contributed by atoms with Gasteiger partial charge in [0.15, 0.2) is 0 Å². The van der Waals surface area contributed by atoms with Crippen molar-refractivity contribution in [2.45, 2.75) is 52.1 Å². The topological polar surface area (TPSA) is 58.6 Å². The van der Waals surface area contributed by atoms with E-state index in [0.717, 1.165) is 6.42 Å². The van der Waals surface area contributed by atoms with Crippen molar-refractivity contribution in [3.8, 4) is 0 Å². The molecule has 0 aromatic carbocycles. The van der Waals surface area contributed by atoms with Gasteiger partial charge in [0.25, 0.3) is 0 Å². The van der Waals surface area contributed by atoms with Crippen LogP contribution in [0.4, 0.5) is 0 Å². The van der Waals surface area contributed by atoms with E-state index in [-0.39, 0.29) is 24.2 Å². The zero-order chi connectivity index (χ0) is 11.9. The van der Waals surface area contributed by atoms with E-state index in [9.17, 15) is 9.90 Å². The molecule has 0 saturated carbocycles. The Kier molecular flexibility index (Phi) is 6.52. The zero-order valence-corrected chi connectivity index (χ0v) is 10.2. The molecule has 15 heavy (non-hydrogen) atoms. The molecule has 0 spiro atoms. The van der Waals surface area contributed by atoms with Crippen LogP contribution in [0.5, 0.6) is 0 Å². The molecule has 0 aromatic rings. The second-order valence-electron chi connectivity index (χ2n) is 4.13. The fourth-order valence-electron chi connectivity index (χ4n) is 1.38. The monoisotopic (exact) mass is 217 g/mol. The van der Waals surface area contributed by atoms with E-state index in [4.69, 9.17) is 4.74 Å². The summed E-state index contributed by atoms with van der Waals surface area (Å²) in [6, 6.07) is 0.0150. The van der Waals surface area contributed by atoms with Crippen LogP contribution in [0.15, 0.2) is 0 Å². The van der Waals surface area contributed by atoms with Crippen molar-refractivity contribution in [1.82, 2.24) is 5.32 Å². The number of esters is 1. The number of carbonyl (C=O) groups is 1.